The van der Waals surface area contributed by atoms with E-state index < -0.39 is 24.0 Å². The van der Waals surface area contributed by atoms with Gasteiger partial charge in [-0.05, 0) is 25.8 Å². The maximum atomic E-state index is 13.2. The lowest BCUT2D eigenvalue weighted by Gasteiger charge is -2.33. The molecule has 2 atom stereocenters. The van der Waals surface area contributed by atoms with Crippen molar-refractivity contribution in [3.05, 3.63) is 29.0 Å². The molecule has 2 aromatic heterocycles. The molecule has 0 unspecified atom stereocenters. The topological polar surface area (TPSA) is 67.8 Å². The van der Waals surface area contributed by atoms with Crippen molar-refractivity contribution in [1.29, 1.82) is 0 Å². The summed E-state index contributed by atoms with van der Waals surface area (Å²) in [5.74, 6) is -1.62. The Bertz CT molecular complexity index is 748. The molecule has 5 nitrogen and oxygen atoms in total. The number of hydrogen-bond donors (Lipinski definition) is 1. The van der Waals surface area contributed by atoms with Crippen LogP contribution < -0.4 is 5.32 Å². The second-order valence-corrected chi connectivity index (χ2v) is 7.02. The van der Waals surface area contributed by atoms with E-state index in [0.717, 1.165) is 11.3 Å². The monoisotopic (exact) mass is 370 g/mol. The van der Waals surface area contributed by atoms with Crippen LogP contribution in [0, 0.1) is 12.8 Å². The van der Waals surface area contributed by atoms with Crippen molar-refractivity contribution in [3.8, 4) is 10.8 Å². The van der Waals surface area contributed by atoms with Crippen molar-refractivity contribution in [2.24, 2.45) is 5.92 Å². The number of aryl methyl sites for hydroxylation is 1. The Balaban J connectivity index is 1.78. The van der Waals surface area contributed by atoms with Gasteiger partial charge in [-0.3, -0.25) is 4.79 Å². The van der Waals surface area contributed by atoms with E-state index in [9.17, 15) is 18.0 Å². The molecule has 1 aliphatic rings. The minimum atomic E-state index is -4.30. The first-order chi connectivity index (χ1) is 11.9. The molecule has 0 saturated heterocycles. The zero-order valence-electron chi connectivity index (χ0n) is 13.5. The third kappa shape index (κ3) is 3.97. The number of alkyl halides is 3. The first-order valence-corrected chi connectivity index (χ1v) is 8.80. The van der Waals surface area contributed by atoms with Crippen molar-refractivity contribution in [2.45, 2.75) is 44.8 Å². The number of carbonyl (C=O) groups is 1. The van der Waals surface area contributed by atoms with Crippen LogP contribution >= 0.6 is 11.3 Å². The van der Waals surface area contributed by atoms with Crippen LogP contribution in [0.2, 0.25) is 0 Å². The van der Waals surface area contributed by atoms with E-state index in [-0.39, 0.29) is 6.42 Å². The van der Waals surface area contributed by atoms with Crippen LogP contribution in [0.1, 0.15) is 41.0 Å². The Kier molecular flexibility index (Phi) is 5.03. The van der Waals surface area contributed by atoms with Crippen LogP contribution in [-0.4, -0.2) is 33.1 Å². The summed E-state index contributed by atoms with van der Waals surface area (Å²) in [6.45, 7) is 1.65. The van der Waals surface area contributed by atoms with Crippen LogP contribution in [-0.2, 0) is 0 Å². The van der Waals surface area contributed by atoms with E-state index in [1.165, 1.54) is 0 Å². The Labute approximate surface area is 146 Å². The molecule has 2 heterocycles. The molecule has 0 radical (unpaired) electrons. The van der Waals surface area contributed by atoms with Crippen molar-refractivity contribution >= 4 is 17.2 Å². The smallest absolute Gasteiger partial charge is 0.348 e. The highest BCUT2D eigenvalue weighted by atomic mass is 32.1. The van der Waals surface area contributed by atoms with Crippen LogP contribution in [0.25, 0.3) is 10.8 Å². The highest BCUT2D eigenvalue weighted by Gasteiger charge is 2.46. The van der Waals surface area contributed by atoms with E-state index in [1.54, 1.807) is 25.4 Å². The summed E-state index contributed by atoms with van der Waals surface area (Å²) < 4.78 is 39.5. The number of rotatable bonds is 3. The number of halogens is 3. The molecule has 1 saturated carbocycles. The average Bonchev–Trinajstić information content (AvgIpc) is 2.97. The third-order valence-corrected chi connectivity index (χ3v) is 5.41. The zero-order chi connectivity index (χ0) is 18.0. The summed E-state index contributed by atoms with van der Waals surface area (Å²) in [4.78, 5) is 25.2. The second-order valence-electron chi connectivity index (χ2n) is 6.02. The van der Waals surface area contributed by atoms with E-state index in [0.29, 0.717) is 40.7 Å². The van der Waals surface area contributed by atoms with Gasteiger partial charge >= 0.3 is 6.18 Å². The van der Waals surface area contributed by atoms with Crippen LogP contribution in [0.5, 0.6) is 0 Å². The van der Waals surface area contributed by atoms with Gasteiger partial charge in [0.15, 0.2) is 10.8 Å². The number of hydrogen-bond acceptors (Lipinski definition) is 5. The van der Waals surface area contributed by atoms with E-state index in [2.05, 4.69) is 20.3 Å². The molecule has 1 N–H and O–H groups in total. The molecule has 1 aliphatic carbocycles. The Morgan fingerprint density at radius 3 is 2.60 bits per heavy atom. The third-order valence-electron chi connectivity index (χ3n) is 4.26. The zero-order valence-corrected chi connectivity index (χ0v) is 14.3. The Hall–Kier alpha value is -2.03. The van der Waals surface area contributed by atoms with Crippen LogP contribution in [0.4, 0.5) is 13.2 Å². The van der Waals surface area contributed by atoms with Gasteiger partial charge in [0.05, 0.1) is 11.6 Å². The van der Waals surface area contributed by atoms with Gasteiger partial charge in [0.2, 0.25) is 0 Å². The molecule has 0 aromatic carbocycles. The lowest BCUT2D eigenvalue weighted by atomic mass is 9.84. The van der Waals surface area contributed by atoms with Crippen molar-refractivity contribution < 1.29 is 18.0 Å². The highest BCUT2D eigenvalue weighted by molar-refractivity contribution is 7.17. The number of carbonyl (C=O) groups excluding carboxylic acids is 1. The van der Waals surface area contributed by atoms with Gasteiger partial charge in [-0.1, -0.05) is 12.8 Å². The summed E-state index contributed by atoms with van der Waals surface area (Å²) in [5, 5.41) is 3.04. The second kappa shape index (κ2) is 7.07. The molecular formula is C16H17F3N4OS. The lowest BCUT2D eigenvalue weighted by Crippen LogP contribution is -2.47. The van der Waals surface area contributed by atoms with Crippen LogP contribution in [0.3, 0.4) is 0 Å². The van der Waals surface area contributed by atoms with Gasteiger partial charge in [0, 0.05) is 18.4 Å². The van der Waals surface area contributed by atoms with Crippen molar-refractivity contribution in [2.75, 3.05) is 0 Å². The summed E-state index contributed by atoms with van der Waals surface area (Å²) in [5.41, 5.74) is 0.462. The molecule has 0 aliphatic heterocycles. The van der Waals surface area contributed by atoms with Crippen LogP contribution in [0.15, 0.2) is 18.5 Å². The van der Waals surface area contributed by atoms with Gasteiger partial charge in [-0.25, -0.2) is 15.0 Å². The van der Waals surface area contributed by atoms with Gasteiger partial charge in [0.1, 0.15) is 4.88 Å². The summed E-state index contributed by atoms with van der Waals surface area (Å²) in [7, 11) is 0. The maximum Gasteiger partial charge on any atom is 0.393 e. The molecular weight excluding hydrogens is 353 g/mol. The summed E-state index contributed by atoms with van der Waals surface area (Å²) in [6.07, 6.45) is 0.434. The number of amides is 1. The quantitative estimate of drug-likeness (QED) is 0.893. The van der Waals surface area contributed by atoms with E-state index in [1.807, 2.05) is 0 Å². The van der Waals surface area contributed by atoms with E-state index in [4.69, 9.17) is 0 Å². The molecule has 0 spiro atoms. The van der Waals surface area contributed by atoms with E-state index >= 15 is 0 Å². The lowest BCUT2D eigenvalue weighted by molar-refractivity contribution is -0.187. The number of nitrogens with zero attached hydrogens (tertiary/aromatic N) is 3. The number of nitrogens with one attached hydrogen (secondary N) is 1. The van der Waals surface area contributed by atoms with Gasteiger partial charge in [-0.15, -0.1) is 11.3 Å². The first-order valence-electron chi connectivity index (χ1n) is 7.98. The molecule has 0 bridgehead atoms. The van der Waals surface area contributed by atoms with Crippen molar-refractivity contribution in [3.63, 3.8) is 0 Å². The molecule has 25 heavy (non-hydrogen) atoms. The fourth-order valence-corrected chi connectivity index (χ4v) is 3.96. The molecule has 1 amide bonds. The minimum Gasteiger partial charge on any atom is -0.348 e. The predicted octanol–water partition coefficient (Wildman–Crippen LogP) is 3.76. The summed E-state index contributed by atoms with van der Waals surface area (Å²) in [6, 6.07) is 0.775. The molecule has 1 fully saturated rings. The van der Waals surface area contributed by atoms with Gasteiger partial charge < -0.3 is 5.32 Å². The maximum absolute atomic E-state index is 13.2. The SMILES string of the molecule is Cc1nc(-c2ncccn2)sc1C(=O)N[C@H]1CCCC[C@H]1C(F)(F)F. The van der Waals surface area contributed by atoms with Crippen molar-refractivity contribution in [1.82, 2.24) is 20.3 Å². The normalized spacial score (nSPS) is 21.1. The fourth-order valence-electron chi connectivity index (χ4n) is 3.04. The predicted molar refractivity (Wildman–Crippen MR) is 87.1 cm³/mol. The fraction of sp³-hybridized carbons (Fsp3) is 0.500. The standard InChI is InChI=1S/C16H17F3N4OS/c1-9-12(25-15(22-9)13-20-7-4-8-21-13)14(24)23-11-6-3-2-5-10(11)16(17,18)19/h4,7-8,10-11H,2-3,5-6H2,1H3,(H,23,24)/t10-,11+/m1/s1. The summed E-state index contributed by atoms with van der Waals surface area (Å²) >= 11 is 1.09. The largest absolute Gasteiger partial charge is 0.393 e. The van der Waals surface area contributed by atoms with Gasteiger partial charge in [0.25, 0.3) is 5.91 Å². The molecule has 3 rings (SSSR count). The number of thiazole rings is 1. The average molecular weight is 370 g/mol. The first kappa shape index (κ1) is 17.8. The molecule has 9 heteroatoms. The number of aromatic nitrogens is 3. The Morgan fingerprint density at radius 1 is 1.24 bits per heavy atom. The molecule has 134 valence electrons. The Morgan fingerprint density at radius 2 is 1.92 bits per heavy atom. The highest BCUT2D eigenvalue weighted by Crippen LogP contribution is 2.38. The minimum absolute atomic E-state index is 0.0548. The van der Waals surface area contributed by atoms with Gasteiger partial charge in [-0.2, -0.15) is 13.2 Å². The molecule has 2 aromatic rings.